The largest absolute Gasteiger partial charge is 0.349 e. The molecule has 1 fully saturated rings. The van der Waals surface area contributed by atoms with E-state index in [1.807, 2.05) is 25.1 Å². The molecule has 4 heteroatoms. The van der Waals surface area contributed by atoms with Gasteiger partial charge in [-0.25, -0.2) is 0 Å². The van der Waals surface area contributed by atoms with Gasteiger partial charge in [-0.1, -0.05) is 31.4 Å². The summed E-state index contributed by atoms with van der Waals surface area (Å²) < 4.78 is 0. The number of hydrazine groups is 1. The first-order valence-corrected chi connectivity index (χ1v) is 7.00. The summed E-state index contributed by atoms with van der Waals surface area (Å²) in [6.07, 6.45) is 4.74. The third kappa shape index (κ3) is 3.26. The van der Waals surface area contributed by atoms with Crippen LogP contribution < -0.4 is 16.6 Å². The van der Waals surface area contributed by atoms with Gasteiger partial charge in [-0.15, -0.1) is 0 Å². The van der Waals surface area contributed by atoms with Crippen molar-refractivity contribution in [3.8, 4) is 0 Å². The van der Waals surface area contributed by atoms with Gasteiger partial charge in [0.2, 0.25) is 0 Å². The number of rotatable bonds is 3. The summed E-state index contributed by atoms with van der Waals surface area (Å²) in [5.74, 6) is 5.99. The van der Waals surface area contributed by atoms with Crippen LogP contribution in [-0.4, -0.2) is 11.9 Å². The highest BCUT2D eigenvalue weighted by Crippen LogP contribution is 2.24. The molecule has 2 rings (SSSR count). The first kappa shape index (κ1) is 13.9. The Kier molecular flexibility index (Phi) is 4.43. The van der Waals surface area contributed by atoms with Crippen LogP contribution in [0.3, 0.4) is 0 Å². The second kappa shape index (κ2) is 6.06. The summed E-state index contributed by atoms with van der Waals surface area (Å²) in [4.78, 5) is 12.4. The van der Waals surface area contributed by atoms with Crippen LogP contribution in [0.2, 0.25) is 0 Å². The first-order chi connectivity index (χ1) is 9.11. The molecule has 0 saturated heterocycles. The molecular formula is C15H23N3O. The minimum atomic E-state index is -0.0320. The molecule has 4 N–H and O–H groups in total. The van der Waals surface area contributed by atoms with E-state index in [2.05, 4.69) is 17.7 Å². The van der Waals surface area contributed by atoms with Crippen molar-refractivity contribution in [2.24, 2.45) is 11.8 Å². The lowest BCUT2D eigenvalue weighted by Gasteiger charge is -2.29. The lowest BCUT2D eigenvalue weighted by Crippen LogP contribution is -2.41. The zero-order chi connectivity index (χ0) is 13.8. The van der Waals surface area contributed by atoms with Gasteiger partial charge in [-0.2, -0.15) is 0 Å². The topological polar surface area (TPSA) is 67.1 Å². The number of benzene rings is 1. The van der Waals surface area contributed by atoms with Crippen molar-refractivity contribution in [2.75, 3.05) is 5.43 Å². The molecule has 1 saturated carbocycles. The highest BCUT2D eigenvalue weighted by Gasteiger charge is 2.24. The van der Waals surface area contributed by atoms with Gasteiger partial charge in [0.25, 0.3) is 5.91 Å². The number of nitrogens with two attached hydrogens (primary N) is 1. The fourth-order valence-corrected chi connectivity index (χ4v) is 2.75. The predicted octanol–water partition coefficient (Wildman–Crippen LogP) is 2.59. The normalized spacial score (nSPS) is 22.9. The van der Waals surface area contributed by atoms with E-state index in [0.717, 1.165) is 12.0 Å². The zero-order valence-electron chi connectivity index (χ0n) is 11.7. The summed E-state index contributed by atoms with van der Waals surface area (Å²) >= 11 is 0. The highest BCUT2D eigenvalue weighted by molar-refractivity contribution is 5.99. The average molecular weight is 261 g/mol. The molecule has 0 aliphatic heterocycles. The number of carbonyl (C=O) groups excluding carboxylic acids is 1. The van der Waals surface area contributed by atoms with E-state index < -0.39 is 0 Å². The van der Waals surface area contributed by atoms with Gasteiger partial charge >= 0.3 is 0 Å². The Morgan fingerprint density at radius 2 is 2.05 bits per heavy atom. The van der Waals surface area contributed by atoms with Crippen molar-refractivity contribution < 1.29 is 4.79 Å². The van der Waals surface area contributed by atoms with Gasteiger partial charge in [0, 0.05) is 6.04 Å². The minimum Gasteiger partial charge on any atom is -0.349 e. The maximum atomic E-state index is 12.4. The van der Waals surface area contributed by atoms with Crippen molar-refractivity contribution in [3.05, 3.63) is 29.3 Å². The Hall–Kier alpha value is -1.55. The second-order valence-electron chi connectivity index (χ2n) is 5.54. The van der Waals surface area contributed by atoms with E-state index in [9.17, 15) is 4.79 Å². The van der Waals surface area contributed by atoms with E-state index >= 15 is 0 Å². The molecule has 2 unspecified atom stereocenters. The number of amides is 1. The summed E-state index contributed by atoms with van der Waals surface area (Å²) in [6.45, 7) is 4.18. The Morgan fingerprint density at radius 3 is 2.74 bits per heavy atom. The van der Waals surface area contributed by atoms with E-state index in [0.29, 0.717) is 17.2 Å². The number of carbonyl (C=O) groups is 1. The summed E-state index contributed by atoms with van der Waals surface area (Å²) in [7, 11) is 0. The van der Waals surface area contributed by atoms with Gasteiger partial charge in [-0.3, -0.25) is 10.6 Å². The molecule has 4 nitrogen and oxygen atoms in total. The molecule has 1 aromatic rings. The number of aryl methyl sites for hydroxylation is 1. The zero-order valence-corrected chi connectivity index (χ0v) is 11.7. The molecule has 1 aliphatic rings. The van der Waals surface area contributed by atoms with Gasteiger partial charge in [0.15, 0.2) is 0 Å². The van der Waals surface area contributed by atoms with Gasteiger partial charge in [0.1, 0.15) is 0 Å². The average Bonchev–Trinajstić information content (AvgIpc) is 2.41. The molecule has 1 aliphatic carbocycles. The van der Waals surface area contributed by atoms with E-state index in [4.69, 9.17) is 5.84 Å². The predicted molar refractivity (Wildman–Crippen MR) is 77.9 cm³/mol. The maximum Gasteiger partial charge on any atom is 0.253 e. The molecule has 0 aromatic heterocycles. The quantitative estimate of drug-likeness (QED) is 0.578. The number of nitrogens with one attached hydrogen (secondary N) is 2. The van der Waals surface area contributed by atoms with Gasteiger partial charge in [-0.05, 0) is 37.8 Å². The molecule has 1 amide bonds. The van der Waals surface area contributed by atoms with Crippen LogP contribution in [0.15, 0.2) is 18.2 Å². The van der Waals surface area contributed by atoms with Gasteiger partial charge in [0.05, 0.1) is 11.3 Å². The van der Waals surface area contributed by atoms with Crippen LogP contribution in [0.5, 0.6) is 0 Å². The summed E-state index contributed by atoms with van der Waals surface area (Å²) in [6, 6.07) is 5.94. The molecule has 0 radical (unpaired) electrons. The van der Waals surface area contributed by atoms with Crippen molar-refractivity contribution in [1.82, 2.24) is 5.32 Å². The molecule has 19 heavy (non-hydrogen) atoms. The van der Waals surface area contributed by atoms with Crippen molar-refractivity contribution in [3.63, 3.8) is 0 Å². The smallest absolute Gasteiger partial charge is 0.253 e. The molecule has 0 spiro atoms. The number of hydrogen-bond acceptors (Lipinski definition) is 3. The first-order valence-electron chi connectivity index (χ1n) is 7.00. The van der Waals surface area contributed by atoms with Crippen LogP contribution in [0.25, 0.3) is 0 Å². The number of hydrogen-bond donors (Lipinski definition) is 3. The van der Waals surface area contributed by atoms with E-state index in [1.54, 1.807) is 0 Å². The molecule has 104 valence electrons. The lowest BCUT2D eigenvalue weighted by atomic mass is 9.86. The summed E-state index contributed by atoms with van der Waals surface area (Å²) in [5, 5.41) is 3.15. The molecule has 0 bridgehead atoms. The van der Waals surface area contributed by atoms with Crippen LogP contribution >= 0.6 is 0 Å². The summed E-state index contributed by atoms with van der Waals surface area (Å²) in [5.41, 5.74) is 4.95. The Labute approximate surface area is 114 Å². The SMILES string of the molecule is Cc1ccc(NN)c(C(=O)NC2CCCCC2C)c1. The molecular weight excluding hydrogens is 238 g/mol. The van der Waals surface area contributed by atoms with E-state index in [-0.39, 0.29) is 11.9 Å². The molecule has 2 atom stereocenters. The van der Waals surface area contributed by atoms with Crippen molar-refractivity contribution >= 4 is 11.6 Å². The maximum absolute atomic E-state index is 12.4. The third-order valence-electron chi connectivity index (χ3n) is 4.00. The number of anilines is 1. The highest BCUT2D eigenvalue weighted by atomic mass is 16.1. The fraction of sp³-hybridized carbons (Fsp3) is 0.533. The van der Waals surface area contributed by atoms with E-state index in [1.165, 1.54) is 19.3 Å². The molecule has 1 aromatic carbocycles. The second-order valence-corrected chi connectivity index (χ2v) is 5.54. The third-order valence-corrected chi connectivity index (χ3v) is 4.00. The van der Waals surface area contributed by atoms with Crippen LogP contribution in [0.4, 0.5) is 5.69 Å². The Balaban J connectivity index is 2.13. The van der Waals surface area contributed by atoms with Crippen LogP contribution in [0, 0.1) is 12.8 Å². The monoisotopic (exact) mass is 261 g/mol. The Morgan fingerprint density at radius 1 is 1.32 bits per heavy atom. The minimum absolute atomic E-state index is 0.0320. The fourth-order valence-electron chi connectivity index (χ4n) is 2.75. The number of nitrogen functional groups attached to an aromatic ring is 1. The Bertz CT molecular complexity index is 459. The van der Waals surface area contributed by atoms with Gasteiger partial charge < -0.3 is 10.7 Å². The van der Waals surface area contributed by atoms with Crippen LogP contribution in [0.1, 0.15) is 48.5 Å². The molecule has 0 heterocycles. The van der Waals surface area contributed by atoms with Crippen molar-refractivity contribution in [1.29, 1.82) is 0 Å². The van der Waals surface area contributed by atoms with Crippen molar-refractivity contribution in [2.45, 2.75) is 45.6 Å². The van der Waals surface area contributed by atoms with Crippen LogP contribution in [-0.2, 0) is 0 Å². The lowest BCUT2D eigenvalue weighted by molar-refractivity contribution is 0.0911. The standard InChI is InChI=1S/C15H23N3O/c1-10-7-8-14(18-16)12(9-10)15(19)17-13-6-4-3-5-11(13)2/h7-9,11,13,18H,3-6,16H2,1-2H3,(H,17,19).